The summed E-state index contributed by atoms with van der Waals surface area (Å²) < 4.78 is 0. The zero-order valence-electron chi connectivity index (χ0n) is 16.5. The quantitative estimate of drug-likeness (QED) is 0.857. The van der Waals surface area contributed by atoms with Gasteiger partial charge in [-0.3, -0.25) is 4.79 Å². The highest BCUT2D eigenvalue weighted by Gasteiger charge is 2.29. The van der Waals surface area contributed by atoms with Crippen LogP contribution in [0.5, 0.6) is 0 Å². The van der Waals surface area contributed by atoms with E-state index in [4.69, 9.17) is 0 Å². The molecule has 2 aromatic rings. The minimum absolute atomic E-state index is 0.0167. The van der Waals surface area contributed by atoms with Crippen LogP contribution in [-0.2, 0) is 6.61 Å². The van der Waals surface area contributed by atoms with Gasteiger partial charge >= 0.3 is 0 Å². The number of rotatable bonds is 5. The average Bonchev–Trinajstić information content (AvgIpc) is 3.27. The van der Waals surface area contributed by atoms with Crippen LogP contribution in [0.15, 0.2) is 48.5 Å². The number of likely N-dealkylation sites (tertiary alicyclic amines) is 2. The lowest BCUT2D eigenvalue weighted by atomic mass is 9.97. The van der Waals surface area contributed by atoms with Crippen LogP contribution < -0.4 is 0 Å². The van der Waals surface area contributed by atoms with E-state index in [9.17, 15) is 9.90 Å². The summed E-state index contributed by atoms with van der Waals surface area (Å²) in [5.74, 6) is 0.158. The van der Waals surface area contributed by atoms with Gasteiger partial charge in [0, 0.05) is 24.7 Å². The second kappa shape index (κ2) is 8.89. The minimum atomic E-state index is 0.0167. The Morgan fingerprint density at radius 3 is 2.39 bits per heavy atom. The second-order valence-corrected chi connectivity index (χ2v) is 8.05. The van der Waals surface area contributed by atoms with Crippen molar-refractivity contribution in [1.82, 2.24) is 9.80 Å². The summed E-state index contributed by atoms with van der Waals surface area (Å²) in [6.45, 7) is 4.26. The van der Waals surface area contributed by atoms with E-state index < -0.39 is 0 Å². The van der Waals surface area contributed by atoms with Crippen molar-refractivity contribution in [2.45, 2.75) is 44.8 Å². The van der Waals surface area contributed by atoms with Gasteiger partial charge in [0.1, 0.15) is 0 Å². The maximum atomic E-state index is 13.2. The molecule has 4 heteroatoms. The van der Waals surface area contributed by atoms with Crippen LogP contribution in [0.3, 0.4) is 0 Å². The molecule has 0 radical (unpaired) electrons. The van der Waals surface area contributed by atoms with E-state index in [0.29, 0.717) is 6.04 Å². The first-order valence-electron chi connectivity index (χ1n) is 10.6. The number of aliphatic hydroxyl groups is 1. The Kier molecular flexibility index (Phi) is 6.08. The summed E-state index contributed by atoms with van der Waals surface area (Å²) in [6.07, 6.45) is 6.02. The fourth-order valence-corrected chi connectivity index (χ4v) is 4.62. The maximum Gasteiger partial charge on any atom is 0.254 e. The molecule has 28 heavy (non-hydrogen) atoms. The van der Waals surface area contributed by atoms with Gasteiger partial charge in [-0.25, -0.2) is 0 Å². The molecule has 1 amide bonds. The number of aliphatic hydroxyl groups excluding tert-OH is 1. The minimum Gasteiger partial charge on any atom is -0.392 e. The van der Waals surface area contributed by atoms with Gasteiger partial charge in [0.25, 0.3) is 5.91 Å². The van der Waals surface area contributed by atoms with Gasteiger partial charge < -0.3 is 14.9 Å². The van der Waals surface area contributed by atoms with E-state index in [1.165, 1.54) is 32.4 Å². The zero-order chi connectivity index (χ0) is 19.3. The molecule has 2 saturated heterocycles. The number of piperidine rings is 1. The fraction of sp³-hybridized carbons (Fsp3) is 0.458. The third-order valence-electron chi connectivity index (χ3n) is 6.19. The Morgan fingerprint density at radius 1 is 0.929 bits per heavy atom. The Labute approximate surface area is 167 Å². The van der Waals surface area contributed by atoms with Crippen LogP contribution in [0.4, 0.5) is 0 Å². The molecule has 2 fully saturated rings. The van der Waals surface area contributed by atoms with Gasteiger partial charge in [0.2, 0.25) is 0 Å². The molecule has 0 aliphatic carbocycles. The number of amides is 1. The zero-order valence-corrected chi connectivity index (χ0v) is 16.5. The Morgan fingerprint density at radius 2 is 1.64 bits per heavy atom. The van der Waals surface area contributed by atoms with Crippen molar-refractivity contribution in [2.24, 2.45) is 0 Å². The van der Waals surface area contributed by atoms with Crippen LogP contribution in [0, 0.1) is 0 Å². The van der Waals surface area contributed by atoms with Gasteiger partial charge in [-0.05, 0) is 74.0 Å². The molecular formula is C24H30N2O2. The highest BCUT2D eigenvalue weighted by molar-refractivity contribution is 5.95. The number of benzene rings is 2. The number of hydrogen-bond donors (Lipinski definition) is 1. The summed E-state index contributed by atoms with van der Waals surface area (Å²) in [4.78, 5) is 17.9. The van der Waals surface area contributed by atoms with Gasteiger partial charge in [-0.15, -0.1) is 0 Å². The summed E-state index contributed by atoms with van der Waals surface area (Å²) >= 11 is 0. The Balaban J connectivity index is 1.50. The van der Waals surface area contributed by atoms with Crippen molar-refractivity contribution >= 4 is 5.91 Å². The average molecular weight is 379 g/mol. The highest BCUT2D eigenvalue weighted by atomic mass is 16.3. The van der Waals surface area contributed by atoms with E-state index in [-0.39, 0.29) is 12.5 Å². The predicted molar refractivity (Wildman–Crippen MR) is 112 cm³/mol. The van der Waals surface area contributed by atoms with Crippen molar-refractivity contribution in [2.75, 3.05) is 26.2 Å². The third-order valence-corrected chi connectivity index (χ3v) is 6.19. The van der Waals surface area contributed by atoms with Crippen LogP contribution in [-0.4, -0.2) is 53.0 Å². The number of carbonyl (C=O) groups is 1. The molecule has 0 saturated carbocycles. The van der Waals surface area contributed by atoms with Crippen LogP contribution in [0.1, 0.15) is 48.0 Å². The summed E-state index contributed by atoms with van der Waals surface area (Å²) in [5, 5.41) is 9.57. The first-order chi connectivity index (χ1) is 13.8. The fourth-order valence-electron chi connectivity index (χ4n) is 4.62. The van der Waals surface area contributed by atoms with E-state index in [1.54, 1.807) is 0 Å². The van der Waals surface area contributed by atoms with Crippen LogP contribution in [0.25, 0.3) is 11.1 Å². The van der Waals surface area contributed by atoms with Crippen molar-refractivity contribution < 1.29 is 9.90 Å². The molecule has 1 atom stereocenters. The molecule has 2 aliphatic rings. The van der Waals surface area contributed by atoms with Gasteiger partial charge in [-0.1, -0.05) is 36.4 Å². The summed E-state index contributed by atoms with van der Waals surface area (Å²) in [6, 6.07) is 16.1. The molecule has 0 aromatic heterocycles. The Hall–Kier alpha value is -2.17. The van der Waals surface area contributed by atoms with Crippen molar-refractivity contribution in [3.05, 3.63) is 59.7 Å². The first kappa shape index (κ1) is 19.2. The molecule has 148 valence electrons. The SMILES string of the molecule is O=C(c1ccc(-c2ccccc2CO)cc1)N1CCCCC1CN1CCCC1. The topological polar surface area (TPSA) is 43.8 Å². The highest BCUT2D eigenvalue weighted by Crippen LogP contribution is 2.26. The smallest absolute Gasteiger partial charge is 0.254 e. The molecule has 2 aliphatic heterocycles. The standard InChI is InChI=1S/C24H30N2O2/c27-18-21-7-1-2-9-23(21)19-10-12-20(13-11-19)24(28)26-16-4-3-8-22(26)17-25-14-5-6-15-25/h1-2,7,9-13,22,27H,3-6,8,14-18H2. The monoisotopic (exact) mass is 378 g/mol. The molecule has 4 nitrogen and oxygen atoms in total. The number of hydrogen-bond acceptors (Lipinski definition) is 3. The lowest BCUT2D eigenvalue weighted by Crippen LogP contribution is -2.49. The molecule has 1 unspecified atom stereocenters. The van der Waals surface area contributed by atoms with E-state index >= 15 is 0 Å². The van der Waals surface area contributed by atoms with E-state index in [2.05, 4.69) is 9.80 Å². The molecular weight excluding hydrogens is 348 g/mol. The summed E-state index contributed by atoms with van der Waals surface area (Å²) in [7, 11) is 0. The largest absolute Gasteiger partial charge is 0.392 e. The van der Waals surface area contributed by atoms with Crippen molar-refractivity contribution in [3.8, 4) is 11.1 Å². The van der Waals surface area contributed by atoms with Crippen molar-refractivity contribution in [1.29, 1.82) is 0 Å². The predicted octanol–water partition coefficient (Wildman–Crippen LogP) is 3.94. The van der Waals surface area contributed by atoms with Gasteiger partial charge in [-0.2, -0.15) is 0 Å². The normalized spacial score (nSPS) is 20.5. The molecule has 4 rings (SSSR count). The molecule has 1 N–H and O–H groups in total. The first-order valence-corrected chi connectivity index (χ1v) is 10.6. The number of nitrogens with zero attached hydrogens (tertiary/aromatic N) is 2. The lowest BCUT2D eigenvalue weighted by molar-refractivity contribution is 0.0560. The van der Waals surface area contributed by atoms with E-state index in [1.807, 2.05) is 48.5 Å². The summed E-state index contributed by atoms with van der Waals surface area (Å²) in [5.41, 5.74) is 3.73. The molecule has 2 aromatic carbocycles. The molecule has 0 spiro atoms. The second-order valence-electron chi connectivity index (χ2n) is 8.05. The van der Waals surface area contributed by atoms with Gasteiger partial charge in [0.05, 0.1) is 6.61 Å². The lowest BCUT2D eigenvalue weighted by Gasteiger charge is -2.38. The van der Waals surface area contributed by atoms with Crippen LogP contribution in [0.2, 0.25) is 0 Å². The molecule has 2 heterocycles. The van der Waals surface area contributed by atoms with Crippen LogP contribution >= 0.6 is 0 Å². The van der Waals surface area contributed by atoms with Gasteiger partial charge in [0.15, 0.2) is 0 Å². The molecule has 0 bridgehead atoms. The Bertz CT molecular complexity index is 797. The number of carbonyl (C=O) groups excluding carboxylic acids is 1. The van der Waals surface area contributed by atoms with E-state index in [0.717, 1.165) is 48.2 Å². The third kappa shape index (κ3) is 4.13. The maximum absolute atomic E-state index is 13.2. The van der Waals surface area contributed by atoms with Crippen molar-refractivity contribution in [3.63, 3.8) is 0 Å².